The van der Waals surface area contributed by atoms with Gasteiger partial charge in [0.2, 0.25) is 0 Å². The molecule has 152 valence electrons. The standard InChI is InChI=1S/C25H24N2O3/c28-24(19-30-18-21-12-6-2-7-13-21)27-23(16-20-10-4-1-5-11-20)17-26(25(27)29)22-14-8-3-9-15-22/h1-15,23H,16-19H2/t23-/m0/s1. The molecule has 5 heteroatoms. The second-order valence-corrected chi connectivity index (χ2v) is 7.31. The van der Waals surface area contributed by atoms with Gasteiger partial charge in [-0.25, -0.2) is 4.79 Å². The molecule has 1 heterocycles. The molecule has 1 saturated heterocycles. The summed E-state index contributed by atoms with van der Waals surface area (Å²) in [4.78, 5) is 29.2. The Morgan fingerprint density at radius 2 is 1.40 bits per heavy atom. The molecule has 1 aliphatic rings. The van der Waals surface area contributed by atoms with Crippen LogP contribution >= 0.6 is 0 Å². The molecule has 0 spiro atoms. The zero-order valence-corrected chi connectivity index (χ0v) is 16.7. The van der Waals surface area contributed by atoms with Crippen molar-refractivity contribution in [3.8, 4) is 0 Å². The van der Waals surface area contributed by atoms with Crippen LogP contribution in [-0.4, -0.2) is 36.0 Å². The van der Waals surface area contributed by atoms with Gasteiger partial charge in [-0.15, -0.1) is 0 Å². The molecule has 0 unspecified atom stereocenters. The first-order valence-corrected chi connectivity index (χ1v) is 10.1. The summed E-state index contributed by atoms with van der Waals surface area (Å²) in [6.45, 7) is 0.664. The lowest BCUT2D eigenvalue weighted by atomic mass is 10.1. The molecule has 3 amide bonds. The molecule has 30 heavy (non-hydrogen) atoms. The maximum Gasteiger partial charge on any atom is 0.331 e. The van der Waals surface area contributed by atoms with Crippen LogP contribution < -0.4 is 4.90 Å². The Bertz CT molecular complexity index is 977. The summed E-state index contributed by atoms with van der Waals surface area (Å²) in [5.41, 5.74) is 2.87. The van der Waals surface area contributed by atoms with Crippen molar-refractivity contribution >= 4 is 17.6 Å². The summed E-state index contributed by atoms with van der Waals surface area (Å²) in [5.74, 6) is -0.310. The molecule has 0 bridgehead atoms. The molecule has 1 aliphatic heterocycles. The van der Waals surface area contributed by atoms with Gasteiger partial charge in [-0.05, 0) is 29.7 Å². The molecule has 0 aromatic heterocycles. The number of nitrogens with zero attached hydrogens (tertiary/aromatic N) is 2. The molecule has 5 nitrogen and oxygen atoms in total. The lowest BCUT2D eigenvalue weighted by Gasteiger charge is -2.21. The smallest absolute Gasteiger partial charge is 0.331 e. The van der Waals surface area contributed by atoms with Gasteiger partial charge in [-0.1, -0.05) is 78.9 Å². The van der Waals surface area contributed by atoms with Crippen LogP contribution in [0.4, 0.5) is 10.5 Å². The number of carbonyl (C=O) groups is 2. The normalized spacial score (nSPS) is 16.1. The second kappa shape index (κ2) is 9.37. The predicted molar refractivity (Wildman–Crippen MR) is 116 cm³/mol. The van der Waals surface area contributed by atoms with Gasteiger partial charge in [0.25, 0.3) is 5.91 Å². The van der Waals surface area contributed by atoms with Gasteiger partial charge in [-0.2, -0.15) is 0 Å². The van der Waals surface area contributed by atoms with Crippen molar-refractivity contribution in [3.05, 3.63) is 102 Å². The van der Waals surface area contributed by atoms with Crippen LogP contribution in [0, 0.1) is 0 Å². The van der Waals surface area contributed by atoms with Crippen molar-refractivity contribution < 1.29 is 14.3 Å². The molecule has 3 aromatic rings. The number of amides is 3. The van der Waals surface area contributed by atoms with Crippen LogP contribution in [0.2, 0.25) is 0 Å². The highest BCUT2D eigenvalue weighted by Gasteiger charge is 2.41. The average molecular weight is 400 g/mol. The molecule has 0 saturated carbocycles. The van der Waals surface area contributed by atoms with Crippen LogP contribution in [0.15, 0.2) is 91.0 Å². The van der Waals surface area contributed by atoms with Crippen molar-refractivity contribution in [2.75, 3.05) is 18.1 Å². The van der Waals surface area contributed by atoms with Crippen molar-refractivity contribution in [2.24, 2.45) is 0 Å². The lowest BCUT2D eigenvalue weighted by molar-refractivity contribution is -0.134. The van der Waals surface area contributed by atoms with E-state index in [9.17, 15) is 9.59 Å². The number of hydrogen-bond donors (Lipinski definition) is 0. The van der Waals surface area contributed by atoms with Gasteiger partial charge in [0, 0.05) is 12.2 Å². The highest BCUT2D eigenvalue weighted by molar-refractivity contribution is 6.05. The third-order valence-corrected chi connectivity index (χ3v) is 5.18. The molecular weight excluding hydrogens is 376 g/mol. The van der Waals surface area contributed by atoms with Gasteiger partial charge >= 0.3 is 6.03 Å². The highest BCUT2D eigenvalue weighted by atomic mass is 16.5. The number of rotatable bonds is 7. The second-order valence-electron chi connectivity index (χ2n) is 7.31. The molecule has 0 N–H and O–H groups in total. The Morgan fingerprint density at radius 1 is 0.833 bits per heavy atom. The number of ether oxygens (including phenoxy) is 1. The molecule has 0 radical (unpaired) electrons. The van der Waals surface area contributed by atoms with Crippen LogP contribution in [0.3, 0.4) is 0 Å². The molecule has 0 aliphatic carbocycles. The quantitative estimate of drug-likeness (QED) is 0.595. The van der Waals surface area contributed by atoms with Gasteiger partial charge in [0.05, 0.1) is 12.6 Å². The fourth-order valence-corrected chi connectivity index (χ4v) is 3.73. The van der Waals surface area contributed by atoms with E-state index in [4.69, 9.17) is 4.74 Å². The lowest BCUT2D eigenvalue weighted by Crippen LogP contribution is -2.43. The minimum Gasteiger partial charge on any atom is -0.367 e. The maximum absolute atomic E-state index is 13.2. The fraction of sp³-hybridized carbons (Fsp3) is 0.200. The zero-order valence-electron chi connectivity index (χ0n) is 16.7. The fourth-order valence-electron chi connectivity index (χ4n) is 3.73. The van der Waals surface area contributed by atoms with Crippen LogP contribution in [0.1, 0.15) is 11.1 Å². The monoisotopic (exact) mass is 400 g/mol. The van der Waals surface area contributed by atoms with E-state index >= 15 is 0 Å². The van der Waals surface area contributed by atoms with Crippen LogP contribution in [0.5, 0.6) is 0 Å². The Morgan fingerprint density at radius 3 is 2.03 bits per heavy atom. The van der Waals surface area contributed by atoms with Crippen molar-refractivity contribution in [2.45, 2.75) is 19.1 Å². The number of benzene rings is 3. The first-order chi connectivity index (χ1) is 14.7. The summed E-state index contributed by atoms with van der Waals surface area (Å²) >= 11 is 0. The summed E-state index contributed by atoms with van der Waals surface area (Å²) in [7, 11) is 0. The Labute approximate surface area is 176 Å². The van der Waals surface area contributed by atoms with E-state index in [0.29, 0.717) is 19.6 Å². The van der Waals surface area contributed by atoms with Crippen molar-refractivity contribution in [1.29, 1.82) is 0 Å². The summed E-state index contributed by atoms with van der Waals surface area (Å²) in [6.07, 6.45) is 0.611. The number of hydrogen-bond acceptors (Lipinski definition) is 3. The average Bonchev–Trinajstić information content (AvgIpc) is 3.11. The van der Waals surface area contributed by atoms with Crippen molar-refractivity contribution in [1.82, 2.24) is 4.90 Å². The summed E-state index contributed by atoms with van der Waals surface area (Å²) < 4.78 is 5.62. The molecule has 1 fully saturated rings. The summed E-state index contributed by atoms with van der Waals surface area (Å²) in [5, 5.41) is 0. The number of carbonyl (C=O) groups excluding carboxylic acids is 2. The van der Waals surface area contributed by atoms with E-state index < -0.39 is 0 Å². The van der Waals surface area contributed by atoms with E-state index in [0.717, 1.165) is 16.8 Å². The number of imide groups is 1. The van der Waals surface area contributed by atoms with Gasteiger partial charge in [0.1, 0.15) is 6.61 Å². The van der Waals surface area contributed by atoms with E-state index in [2.05, 4.69) is 0 Å². The zero-order chi connectivity index (χ0) is 20.8. The SMILES string of the molecule is O=C(COCc1ccccc1)N1C(=O)N(c2ccccc2)C[C@@H]1Cc1ccccc1. The largest absolute Gasteiger partial charge is 0.367 e. The van der Waals surface area contributed by atoms with E-state index in [1.54, 1.807) is 4.90 Å². The Hall–Kier alpha value is -3.44. The van der Waals surface area contributed by atoms with E-state index in [1.807, 2.05) is 91.0 Å². The number of para-hydroxylation sites is 1. The minimum atomic E-state index is -0.310. The number of anilines is 1. The van der Waals surface area contributed by atoms with Gasteiger partial charge < -0.3 is 4.74 Å². The maximum atomic E-state index is 13.2. The Balaban J connectivity index is 1.49. The third-order valence-electron chi connectivity index (χ3n) is 5.18. The topological polar surface area (TPSA) is 49.9 Å². The van der Waals surface area contributed by atoms with Crippen molar-refractivity contribution in [3.63, 3.8) is 0 Å². The van der Waals surface area contributed by atoms with Crippen LogP contribution in [-0.2, 0) is 22.6 Å². The third kappa shape index (κ3) is 4.58. The van der Waals surface area contributed by atoms with Crippen LogP contribution in [0.25, 0.3) is 0 Å². The highest BCUT2D eigenvalue weighted by Crippen LogP contribution is 2.26. The predicted octanol–water partition coefficient (Wildman–Crippen LogP) is 4.28. The van der Waals surface area contributed by atoms with E-state index in [1.165, 1.54) is 4.90 Å². The van der Waals surface area contributed by atoms with Gasteiger partial charge in [0.15, 0.2) is 0 Å². The first kappa shape index (κ1) is 19.9. The van der Waals surface area contributed by atoms with Gasteiger partial charge in [-0.3, -0.25) is 14.6 Å². The minimum absolute atomic E-state index is 0.130. The molecular formula is C25H24N2O3. The first-order valence-electron chi connectivity index (χ1n) is 10.1. The summed E-state index contributed by atoms with van der Waals surface area (Å²) in [6, 6.07) is 28.5. The molecule has 1 atom stereocenters. The number of urea groups is 1. The Kier molecular flexibility index (Phi) is 6.20. The van der Waals surface area contributed by atoms with E-state index in [-0.39, 0.29) is 24.6 Å². The molecule has 3 aromatic carbocycles. The molecule has 4 rings (SSSR count).